The zero-order valence-corrected chi connectivity index (χ0v) is 9.78. The maximum Gasteiger partial charge on any atom is 0.305 e. The Kier molecular flexibility index (Phi) is 3.90. The van der Waals surface area contributed by atoms with E-state index in [9.17, 15) is 4.79 Å². The predicted molar refractivity (Wildman–Crippen MR) is 61.6 cm³/mol. The second-order valence-electron chi connectivity index (χ2n) is 3.81. The lowest BCUT2D eigenvalue weighted by Crippen LogP contribution is -2.16. The molecule has 0 bridgehead atoms. The van der Waals surface area contributed by atoms with Gasteiger partial charge in [0.15, 0.2) is 0 Å². The number of aliphatic carboxylic acids is 1. The van der Waals surface area contributed by atoms with Crippen LogP contribution in [0.1, 0.15) is 29.2 Å². The van der Waals surface area contributed by atoms with Crippen molar-refractivity contribution in [1.29, 1.82) is 0 Å². The molecule has 0 aliphatic carbocycles. The zero-order chi connectivity index (χ0) is 12.3. The highest BCUT2D eigenvalue weighted by atomic mass is 16.5. The van der Waals surface area contributed by atoms with Crippen LogP contribution in [0.25, 0.3) is 0 Å². The summed E-state index contributed by atoms with van der Waals surface area (Å²) in [6.07, 6.45) is -0.0629. The van der Waals surface area contributed by atoms with Crippen LogP contribution in [-0.2, 0) is 4.79 Å². The van der Waals surface area contributed by atoms with E-state index in [1.165, 1.54) is 0 Å². The van der Waals surface area contributed by atoms with Crippen molar-refractivity contribution in [3.8, 4) is 5.75 Å². The van der Waals surface area contributed by atoms with Gasteiger partial charge < -0.3 is 15.6 Å². The molecule has 88 valence electrons. The van der Waals surface area contributed by atoms with Gasteiger partial charge in [-0.25, -0.2) is 0 Å². The molecule has 0 fully saturated rings. The van der Waals surface area contributed by atoms with Gasteiger partial charge in [-0.1, -0.05) is 6.07 Å². The van der Waals surface area contributed by atoms with Crippen molar-refractivity contribution in [2.24, 2.45) is 5.73 Å². The van der Waals surface area contributed by atoms with Gasteiger partial charge >= 0.3 is 5.97 Å². The van der Waals surface area contributed by atoms with Crippen LogP contribution in [-0.4, -0.2) is 18.2 Å². The molecule has 0 saturated carbocycles. The van der Waals surface area contributed by atoms with Crippen molar-refractivity contribution in [2.75, 3.05) is 7.11 Å². The SMILES string of the molecule is COc1ccc(C(N)CC(=O)O)c(C)c1C. The molecule has 1 atom stereocenters. The van der Waals surface area contributed by atoms with Crippen LogP contribution >= 0.6 is 0 Å². The molecule has 0 aromatic heterocycles. The minimum atomic E-state index is -0.889. The topological polar surface area (TPSA) is 72.5 Å². The Balaban J connectivity index is 3.06. The van der Waals surface area contributed by atoms with Crippen molar-refractivity contribution >= 4 is 5.97 Å². The summed E-state index contributed by atoms with van der Waals surface area (Å²) < 4.78 is 5.18. The van der Waals surface area contributed by atoms with Gasteiger partial charge in [-0.3, -0.25) is 4.79 Å². The van der Waals surface area contributed by atoms with Crippen molar-refractivity contribution < 1.29 is 14.6 Å². The maximum absolute atomic E-state index is 10.6. The van der Waals surface area contributed by atoms with Crippen LogP contribution in [0, 0.1) is 13.8 Å². The zero-order valence-electron chi connectivity index (χ0n) is 9.78. The monoisotopic (exact) mass is 223 g/mol. The van der Waals surface area contributed by atoms with Crippen LogP contribution in [0.4, 0.5) is 0 Å². The predicted octanol–water partition coefficient (Wildman–Crippen LogP) is 1.79. The van der Waals surface area contributed by atoms with E-state index in [0.29, 0.717) is 0 Å². The van der Waals surface area contributed by atoms with Crippen molar-refractivity contribution in [3.63, 3.8) is 0 Å². The Morgan fingerprint density at radius 2 is 2.06 bits per heavy atom. The quantitative estimate of drug-likeness (QED) is 0.816. The number of ether oxygens (including phenoxy) is 1. The van der Waals surface area contributed by atoms with Gasteiger partial charge in [0.25, 0.3) is 0 Å². The maximum atomic E-state index is 10.6. The number of carboxylic acids is 1. The molecule has 0 aliphatic rings. The number of hydrogen-bond acceptors (Lipinski definition) is 3. The molecule has 1 rings (SSSR count). The van der Waals surface area contributed by atoms with Crippen LogP contribution < -0.4 is 10.5 Å². The average molecular weight is 223 g/mol. The van der Waals surface area contributed by atoms with Crippen LogP contribution in [0.3, 0.4) is 0 Å². The number of carboxylic acid groups (broad SMARTS) is 1. The highest BCUT2D eigenvalue weighted by Crippen LogP contribution is 2.27. The van der Waals surface area contributed by atoms with E-state index in [1.54, 1.807) is 7.11 Å². The first-order chi connectivity index (χ1) is 7.47. The van der Waals surface area contributed by atoms with Crippen molar-refractivity contribution in [2.45, 2.75) is 26.3 Å². The number of methoxy groups -OCH3 is 1. The van der Waals surface area contributed by atoms with Crippen LogP contribution in [0.15, 0.2) is 12.1 Å². The molecule has 0 spiro atoms. The summed E-state index contributed by atoms with van der Waals surface area (Å²) >= 11 is 0. The molecule has 0 heterocycles. The second-order valence-corrected chi connectivity index (χ2v) is 3.81. The van der Waals surface area contributed by atoms with Gasteiger partial charge in [0.1, 0.15) is 5.75 Å². The van der Waals surface area contributed by atoms with E-state index in [0.717, 1.165) is 22.4 Å². The average Bonchev–Trinajstić information content (AvgIpc) is 2.20. The van der Waals surface area contributed by atoms with Crippen molar-refractivity contribution in [3.05, 3.63) is 28.8 Å². The minimum absolute atomic E-state index is 0.0629. The van der Waals surface area contributed by atoms with Gasteiger partial charge in [-0.05, 0) is 36.6 Å². The highest BCUT2D eigenvalue weighted by Gasteiger charge is 2.15. The van der Waals surface area contributed by atoms with Gasteiger partial charge in [-0.2, -0.15) is 0 Å². The van der Waals surface area contributed by atoms with E-state index in [4.69, 9.17) is 15.6 Å². The van der Waals surface area contributed by atoms with E-state index in [2.05, 4.69) is 0 Å². The molecule has 4 heteroatoms. The Hall–Kier alpha value is -1.55. The molecule has 0 amide bonds. The van der Waals surface area contributed by atoms with Gasteiger partial charge in [-0.15, -0.1) is 0 Å². The molecule has 3 N–H and O–H groups in total. The minimum Gasteiger partial charge on any atom is -0.496 e. The molecule has 1 aromatic rings. The van der Waals surface area contributed by atoms with Gasteiger partial charge in [0.05, 0.1) is 13.5 Å². The molecule has 0 saturated heterocycles. The summed E-state index contributed by atoms with van der Waals surface area (Å²) in [4.78, 5) is 10.6. The molecule has 4 nitrogen and oxygen atoms in total. The van der Waals surface area contributed by atoms with E-state index in [-0.39, 0.29) is 6.42 Å². The molecule has 0 aliphatic heterocycles. The molecular weight excluding hydrogens is 206 g/mol. The van der Waals surface area contributed by atoms with Gasteiger partial charge in [0, 0.05) is 6.04 Å². The van der Waals surface area contributed by atoms with Crippen molar-refractivity contribution in [1.82, 2.24) is 0 Å². The Bertz CT molecular complexity index is 401. The number of carbonyl (C=O) groups is 1. The number of nitrogens with two attached hydrogens (primary N) is 1. The lowest BCUT2D eigenvalue weighted by molar-refractivity contribution is -0.137. The summed E-state index contributed by atoms with van der Waals surface area (Å²) in [6, 6.07) is 3.18. The summed E-state index contributed by atoms with van der Waals surface area (Å²) in [5.41, 5.74) is 8.69. The van der Waals surface area contributed by atoms with E-state index in [1.807, 2.05) is 26.0 Å². The number of hydrogen-bond donors (Lipinski definition) is 2. The Labute approximate surface area is 95.0 Å². The lowest BCUT2D eigenvalue weighted by atomic mass is 9.95. The first-order valence-electron chi connectivity index (χ1n) is 5.08. The molecule has 0 radical (unpaired) electrons. The fourth-order valence-electron chi connectivity index (χ4n) is 1.74. The van der Waals surface area contributed by atoms with Crippen LogP contribution in [0.5, 0.6) is 5.75 Å². The third-order valence-corrected chi connectivity index (χ3v) is 2.79. The molecule has 1 unspecified atom stereocenters. The molecule has 1 aromatic carbocycles. The fourth-order valence-corrected chi connectivity index (χ4v) is 1.74. The number of benzene rings is 1. The molecular formula is C12H17NO3. The summed E-state index contributed by atoms with van der Waals surface area (Å²) in [5.74, 6) is -0.0934. The normalized spacial score (nSPS) is 12.2. The largest absolute Gasteiger partial charge is 0.496 e. The molecule has 16 heavy (non-hydrogen) atoms. The number of rotatable bonds is 4. The Morgan fingerprint density at radius 1 is 1.44 bits per heavy atom. The Morgan fingerprint density at radius 3 is 2.56 bits per heavy atom. The second kappa shape index (κ2) is 4.99. The first kappa shape index (κ1) is 12.5. The third kappa shape index (κ3) is 2.52. The van der Waals surface area contributed by atoms with Crippen LogP contribution in [0.2, 0.25) is 0 Å². The summed E-state index contributed by atoms with van der Waals surface area (Å²) in [6.45, 7) is 3.86. The third-order valence-electron chi connectivity index (χ3n) is 2.79. The van der Waals surface area contributed by atoms with E-state index < -0.39 is 12.0 Å². The van der Waals surface area contributed by atoms with Gasteiger partial charge in [0.2, 0.25) is 0 Å². The standard InChI is InChI=1S/C12H17NO3/c1-7-8(2)11(16-3)5-4-9(7)10(13)6-12(14)15/h4-5,10H,6,13H2,1-3H3,(H,14,15). The lowest BCUT2D eigenvalue weighted by Gasteiger charge is -2.16. The smallest absolute Gasteiger partial charge is 0.305 e. The fraction of sp³-hybridized carbons (Fsp3) is 0.417. The first-order valence-corrected chi connectivity index (χ1v) is 5.08. The highest BCUT2D eigenvalue weighted by molar-refractivity contribution is 5.68. The van der Waals surface area contributed by atoms with E-state index >= 15 is 0 Å². The summed E-state index contributed by atoms with van der Waals surface area (Å²) in [5, 5.41) is 8.70. The summed E-state index contributed by atoms with van der Waals surface area (Å²) in [7, 11) is 1.61.